The van der Waals surface area contributed by atoms with Gasteiger partial charge in [-0.3, -0.25) is 4.79 Å². The molecule has 2 aliphatic carbocycles. The molecule has 16 heavy (non-hydrogen) atoms. The number of fused-ring (bicyclic) bond motifs is 1. The molecule has 3 aliphatic rings. The predicted molar refractivity (Wildman–Crippen MR) is 55.6 cm³/mol. The van der Waals surface area contributed by atoms with Crippen LogP contribution in [-0.4, -0.2) is 31.1 Å². The van der Waals surface area contributed by atoms with Gasteiger partial charge in [0.25, 0.3) is 0 Å². The van der Waals surface area contributed by atoms with E-state index in [0.29, 0.717) is 25.0 Å². The van der Waals surface area contributed by atoms with E-state index >= 15 is 0 Å². The fraction of sp³-hybridized carbons (Fsp3) is 0.917. The van der Waals surface area contributed by atoms with Gasteiger partial charge in [0.2, 0.25) is 0 Å². The van der Waals surface area contributed by atoms with Gasteiger partial charge in [0, 0.05) is 25.7 Å². The van der Waals surface area contributed by atoms with E-state index in [0.717, 1.165) is 25.7 Å². The predicted octanol–water partition coefficient (Wildman–Crippen LogP) is 1.48. The van der Waals surface area contributed by atoms with Crippen molar-refractivity contribution in [2.24, 2.45) is 11.8 Å². The zero-order valence-electron chi connectivity index (χ0n) is 9.61. The molecule has 1 aliphatic heterocycles. The molecule has 1 heterocycles. The van der Waals surface area contributed by atoms with Crippen molar-refractivity contribution in [3.05, 3.63) is 0 Å². The molecule has 0 amide bonds. The van der Waals surface area contributed by atoms with E-state index in [1.807, 2.05) is 0 Å². The van der Waals surface area contributed by atoms with E-state index in [-0.39, 0.29) is 17.9 Å². The Bertz CT molecular complexity index is 295. The summed E-state index contributed by atoms with van der Waals surface area (Å²) >= 11 is 0. The lowest BCUT2D eigenvalue weighted by Crippen LogP contribution is -2.29. The highest BCUT2D eigenvalue weighted by atomic mass is 16.7. The summed E-state index contributed by atoms with van der Waals surface area (Å²) in [4.78, 5) is 11.0. The van der Waals surface area contributed by atoms with Crippen LogP contribution in [0.4, 0.5) is 0 Å². The van der Waals surface area contributed by atoms with Crippen LogP contribution in [0.5, 0.6) is 0 Å². The molecule has 3 fully saturated rings. The normalized spacial score (nSPS) is 40.2. The van der Waals surface area contributed by atoms with E-state index in [1.54, 1.807) is 0 Å². The van der Waals surface area contributed by atoms with Gasteiger partial charge in [-0.25, -0.2) is 0 Å². The largest absolute Gasteiger partial charge is 0.462 e. The zero-order chi connectivity index (χ0) is 11.2. The average molecular weight is 226 g/mol. The second kappa shape index (κ2) is 3.70. The number of hydrogen-bond donors (Lipinski definition) is 0. The lowest BCUT2D eigenvalue weighted by molar-refractivity contribution is -0.163. The molecule has 1 saturated heterocycles. The van der Waals surface area contributed by atoms with E-state index in [9.17, 15) is 4.79 Å². The zero-order valence-corrected chi connectivity index (χ0v) is 9.61. The highest BCUT2D eigenvalue weighted by Crippen LogP contribution is 2.52. The molecule has 3 rings (SSSR count). The Hall–Kier alpha value is -0.610. The van der Waals surface area contributed by atoms with Crippen LogP contribution in [-0.2, 0) is 19.0 Å². The number of hydrogen-bond acceptors (Lipinski definition) is 4. The number of esters is 1. The first kappa shape index (κ1) is 10.5. The summed E-state index contributed by atoms with van der Waals surface area (Å²) in [5.41, 5.74) is 0. The van der Waals surface area contributed by atoms with Crippen molar-refractivity contribution < 1.29 is 19.0 Å². The summed E-state index contributed by atoms with van der Waals surface area (Å²) in [5, 5.41) is 0. The molecule has 3 atom stereocenters. The summed E-state index contributed by atoms with van der Waals surface area (Å²) in [5.74, 6) is 0.554. The maximum atomic E-state index is 11.0. The van der Waals surface area contributed by atoms with E-state index in [2.05, 4.69) is 0 Å². The first-order valence-electron chi connectivity index (χ1n) is 6.14. The second-order valence-electron chi connectivity index (χ2n) is 5.17. The molecule has 4 nitrogen and oxygen atoms in total. The number of carbonyl (C=O) groups excluding carboxylic acids is 1. The van der Waals surface area contributed by atoms with Crippen LogP contribution in [0, 0.1) is 11.8 Å². The molecule has 90 valence electrons. The van der Waals surface area contributed by atoms with E-state index in [1.165, 1.54) is 6.92 Å². The van der Waals surface area contributed by atoms with E-state index in [4.69, 9.17) is 14.2 Å². The van der Waals surface area contributed by atoms with Crippen molar-refractivity contribution in [3.63, 3.8) is 0 Å². The minimum absolute atomic E-state index is 0.0923. The van der Waals surface area contributed by atoms with Gasteiger partial charge in [-0.2, -0.15) is 0 Å². The summed E-state index contributed by atoms with van der Waals surface area (Å²) in [7, 11) is 0. The Morgan fingerprint density at radius 3 is 2.69 bits per heavy atom. The van der Waals surface area contributed by atoms with Crippen LogP contribution < -0.4 is 0 Å². The van der Waals surface area contributed by atoms with Gasteiger partial charge in [-0.15, -0.1) is 0 Å². The quantitative estimate of drug-likeness (QED) is 0.635. The van der Waals surface area contributed by atoms with Crippen LogP contribution >= 0.6 is 0 Å². The van der Waals surface area contributed by atoms with Crippen molar-refractivity contribution >= 4 is 5.97 Å². The van der Waals surface area contributed by atoms with Gasteiger partial charge in [-0.1, -0.05) is 0 Å². The molecular weight excluding hydrogens is 208 g/mol. The Morgan fingerprint density at radius 1 is 1.25 bits per heavy atom. The van der Waals surface area contributed by atoms with Crippen molar-refractivity contribution in [1.82, 2.24) is 0 Å². The molecule has 0 N–H and O–H groups in total. The molecule has 0 aromatic heterocycles. The van der Waals surface area contributed by atoms with Crippen molar-refractivity contribution in [1.29, 1.82) is 0 Å². The second-order valence-corrected chi connectivity index (χ2v) is 5.17. The van der Waals surface area contributed by atoms with Gasteiger partial charge in [0.05, 0.1) is 13.2 Å². The highest BCUT2D eigenvalue weighted by Gasteiger charge is 2.54. The Morgan fingerprint density at radius 2 is 2.00 bits per heavy atom. The minimum atomic E-state index is -0.339. The molecule has 0 aromatic carbocycles. The number of carbonyl (C=O) groups is 1. The van der Waals surface area contributed by atoms with Gasteiger partial charge in [-0.05, 0) is 18.8 Å². The maximum absolute atomic E-state index is 11.0. The fourth-order valence-electron chi connectivity index (χ4n) is 3.60. The van der Waals surface area contributed by atoms with Crippen LogP contribution in [0.15, 0.2) is 0 Å². The molecule has 2 saturated carbocycles. The van der Waals surface area contributed by atoms with Gasteiger partial charge in [0.1, 0.15) is 6.10 Å². The molecule has 2 unspecified atom stereocenters. The lowest BCUT2D eigenvalue weighted by Gasteiger charge is -2.24. The van der Waals surface area contributed by atoms with E-state index < -0.39 is 0 Å². The Kier molecular flexibility index (Phi) is 2.44. The standard InChI is InChI=1S/C12H18O4/c1-8(13)16-11-3-2-9-6-12(7-10(9)11)14-4-5-15-12/h9-11H,2-7H2,1H3/t9?,10?,11-/m0/s1. The molecular formula is C12H18O4. The lowest BCUT2D eigenvalue weighted by atomic mass is 9.99. The summed E-state index contributed by atoms with van der Waals surface area (Å²) in [6, 6.07) is 0. The van der Waals surface area contributed by atoms with Crippen molar-refractivity contribution in [3.8, 4) is 0 Å². The minimum Gasteiger partial charge on any atom is -0.462 e. The molecule has 4 heteroatoms. The first-order chi connectivity index (χ1) is 7.69. The van der Waals surface area contributed by atoms with Crippen molar-refractivity contribution in [2.75, 3.05) is 13.2 Å². The number of ether oxygens (including phenoxy) is 3. The molecule has 0 radical (unpaired) electrons. The molecule has 0 bridgehead atoms. The van der Waals surface area contributed by atoms with Gasteiger partial charge >= 0.3 is 5.97 Å². The first-order valence-corrected chi connectivity index (χ1v) is 6.14. The topological polar surface area (TPSA) is 44.8 Å². The van der Waals surface area contributed by atoms with Crippen LogP contribution in [0.2, 0.25) is 0 Å². The summed E-state index contributed by atoms with van der Waals surface area (Å²) in [6.45, 7) is 2.90. The average Bonchev–Trinajstić information content (AvgIpc) is 2.87. The Labute approximate surface area is 95.2 Å². The van der Waals surface area contributed by atoms with Crippen molar-refractivity contribution in [2.45, 2.75) is 44.5 Å². The van der Waals surface area contributed by atoms with Gasteiger partial charge < -0.3 is 14.2 Å². The van der Waals surface area contributed by atoms with Crippen LogP contribution in [0.3, 0.4) is 0 Å². The number of rotatable bonds is 1. The third-order valence-electron chi connectivity index (χ3n) is 4.16. The van der Waals surface area contributed by atoms with Gasteiger partial charge in [0.15, 0.2) is 5.79 Å². The molecule has 0 aromatic rings. The molecule has 1 spiro atoms. The fourth-order valence-corrected chi connectivity index (χ4v) is 3.60. The monoisotopic (exact) mass is 226 g/mol. The summed E-state index contributed by atoms with van der Waals surface area (Å²) in [6.07, 6.45) is 4.11. The maximum Gasteiger partial charge on any atom is 0.302 e. The summed E-state index contributed by atoms with van der Waals surface area (Å²) < 4.78 is 16.8. The smallest absolute Gasteiger partial charge is 0.302 e. The SMILES string of the molecule is CC(=O)O[C@H]1CCC2CC3(CC21)OCCO3. The van der Waals surface area contributed by atoms with Crippen LogP contribution in [0.25, 0.3) is 0 Å². The third kappa shape index (κ3) is 1.64. The van der Waals surface area contributed by atoms with Crippen LogP contribution in [0.1, 0.15) is 32.6 Å². The third-order valence-corrected chi connectivity index (χ3v) is 4.16. The highest BCUT2D eigenvalue weighted by molar-refractivity contribution is 5.66. The Balaban J connectivity index is 1.69.